The topological polar surface area (TPSA) is 54.0 Å². The van der Waals surface area contributed by atoms with Crippen LogP contribution in [0.1, 0.15) is 1.37 Å². The van der Waals surface area contributed by atoms with Gasteiger partial charge in [0, 0.05) is 14.2 Å². The zero-order valence-corrected chi connectivity index (χ0v) is 8.40. The van der Waals surface area contributed by atoms with E-state index >= 15 is 0 Å². The molecule has 1 unspecified atom stereocenters. The summed E-state index contributed by atoms with van der Waals surface area (Å²) in [5.41, 5.74) is 0. The lowest BCUT2D eigenvalue weighted by Gasteiger charge is -2.15. The van der Waals surface area contributed by atoms with Gasteiger partial charge in [0.25, 0.3) is 0 Å². The van der Waals surface area contributed by atoms with E-state index in [-0.39, 0.29) is 6.35 Å². The SMILES string of the molecule is [3H]C1C=C[C@@H](OCP(=O)(OC)OC)O1. The largest absolute Gasteiger partial charge is 0.355 e. The van der Waals surface area contributed by atoms with Crippen LogP contribution in [0.5, 0.6) is 0 Å². The van der Waals surface area contributed by atoms with Crippen LogP contribution in [0.2, 0.25) is 0 Å². The number of hydrogen-bond acceptors (Lipinski definition) is 5. The summed E-state index contributed by atoms with van der Waals surface area (Å²) in [6, 6.07) is 0. The molecule has 1 rings (SSSR count). The van der Waals surface area contributed by atoms with Crippen LogP contribution in [0.4, 0.5) is 0 Å². The molecule has 6 heteroatoms. The van der Waals surface area contributed by atoms with Gasteiger partial charge in [0.05, 0.1) is 7.95 Å². The zero-order valence-electron chi connectivity index (χ0n) is 8.50. The molecule has 0 aromatic rings. The Labute approximate surface area is 78.6 Å². The minimum atomic E-state index is -3.15. The maximum Gasteiger partial charge on any atom is 0.355 e. The van der Waals surface area contributed by atoms with E-state index in [4.69, 9.17) is 10.8 Å². The first-order valence-electron chi connectivity index (χ1n) is 4.25. The molecule has 0 fully saturated rings. The Bertz CT molecular complexity index is 248. The van der Waals surface area contributed by atoms with Gasteiger partial charge in [-0.2, -0.15) is 0 Å². The van der Waals surface area contributed by atoms with E-state index < -0.39 is 20.5 Å². The monoisotopic (exact) mass is 210 g/mol. The molecule has 0 amide bonds. The Hall–Kier alpha value is -0.190. The fourth-order valence-electron chi connectivity index (χ4n) is 0.744. The second-order valence-corrected chi connectivity index (χ2v) is 4.51. The average molecular weight is 210 g/mol. The van der Waals surface area contributed by atoms with E-state index in [1.807, 2.05) is 0 Å². The van der Waals surface area contributed by atoms with E-state index in [2.05, 4.69) is 9.05 Å². The van der Waals surface area contributed by atoms with Crippen molar-refractivity contribution in [3.05, 3.63) is 12.2 Å². The van der Waals surface area contributed by atoms with Crippen molar-refractivity contribution in [2.45, 2.75) is 6.29 Å². The smallest absolute Gasteiger partial charge is 0.345 e. The molecule has 76 valence electrons. The van der Waals surface area contributed by atoms with Gasteiger partial charge in [0.1, 0.15) is 0 Å². The van der Waals surface area contributed by atoms with Gasteiger partial charge in [-0.3, -0.25) is 4.57 Å². The van der Waals surface area contributed by atoms with Crippen LogP contribution >= 0.6 is 7.60 Å². The van der Waals surface area contributed by atoms with Crippen LogP contribution in [0, 0.1) is 0 Å². The molecule has 2 atom stereocenters. The quantitative estimate of drug-likeness (QED) is 0.506. The van der Waals surface area contributed by atoms with Crippen molar-refractivity contribution in [1.82, 2.24) is 0 Å². The lowest BCUT2D eigenvalue weighted by Crippen LogP contribution is -2.12. The highest BCUT2D eigenvalue weighted by molar-refractivity contribution is 7.53. The molecule has 13 heavy (non-hydrogen) atoms. The molecule has 0 spiro atoms. The summed E-state index contributed by atoms with van der Waals surface area (Å²) in [7, 11) is -0.583. The normalized spacial score (nSPS) is 29.2. The van der Waals surface area contributed by atoms with Crippen molar-refractivity contribution in [3.8, 4) is 0 Å². The van der Waals surface area contributed by atoms with E-state index in [1.165, 1.54) is 20.3 Å². The summed E-state index contributed by atoms with van der Waals surface area (Å²) in [5, 5.41) is 0. The molecule has 0 aromatic carbocycles. The lowest BCUT2D eigenvalue weighted by atomic mass is 10.6. The first-order chi connectivity index (χ1) is 6.59. The molecule has 0 aromatic heterocycles. The third kappa shape index (κ3) is 3.21. The van der Waals surface area contributed by atoms with Crippen molar-refractivity contribution in [1.29, 1.82) is 0 Å². The zero-order chi connectivity index (χ0) is 10.6. The van der Waals surface area contributed by atoms with E-state index in [9.17, 15) is 4.57 Å². The Balaban J connectivity index is 2.33. The molecule has 5 nitrogen and oxygen atoms in total. The van der Waals surface area contributed by atoms with Gasteiger partial charge in [0.15, 0.2) is 12.6 Å². The molecule has 0 N–H and O–H groups in total. The third-order valence-corrected chi connectivity index (χ3v) is 3.09. The predicted molar refractivity (Wildman–Crippen MR) is 46.5 cm³/mol. The van der Waals surface area contributed by atoms with Crippen LogP contribution in [0.15, 0.2) is 12.2 Å². The van der Waals surface area contributed by atoms with Crippen molar-refractivity contribution in [2.75, 3.05) is 27.2 Å². The van der Waals surface area contributed by atoms with E-state index in [1.54, 1.807) is 6.08 Å². The van der Waals surface area contributed by atoms with Crippen LogP contribution in [-0.2, 0) is 23.1 Å². The van der Waals surface area contributed by atoms with Crippen molar-refractivity contribution in [2.24, 2.45) is 0 Å². The second-order valence-electron chi connectivity index (χ2n) is 2.30. The molecule has 0 radical (unpaired) electrons. The molecule has 1 aliphatic rings. The van der Waals surface area contributed by atoms with Crippen LogP contribution < -0.4 is 0 Å². The molecule has 1 heterocycles. The van der Waals surface area contributed by atoms with Gasteiger partial charge in [0.2, 0.25) is 0 Å². The predicted octanol–water partition coefficient (Wildman–Crippen LogP) is 1.36. The van der Waals surface area contributed by atoms with Gasteiger partial charge in [-0.1, -0.05) is 6.08 Å². The van der Waals surface area contributed by atoms with Crippen molar-refractivity contribution in [3.63, 3.8) is 0 Å². The number of ether oxygens (including phenoxy) is 2. The van der Waals surface area contributed by atoms with Crippen molar-refractivity contribution < 1.29 is 24.5 Å². The number of rotatable bonds is 5. The first-order valence-corrected chi connectivity index (χ1v) is 5.40. The van der Waals surface area contributed by atoms with Gasteiger partial charge in [-0.05, 0) is 6.08 Å². The van der Waals surface area contributed by atoms with Gasteiger partial charge >= 0.3 is 7.60 Å². The van der Waals surface area contributed by atoms with Crippen LogP contribution in [0.3, 0.4) is 0 Å². The Kier molecular flexibility index (Phi) is 3.52. The molecule has 0 saturated carbocycles. The van der Waals surface area contributed by atoms with Gasteiger partial charge in [-0.25, -0.2) is 0 Å². The minimum absolute atomic E-state index is 0.193. The lowest BCUT2D eigenvalue weighted by molar-refractivity contribution is -0.0803. The maximum atomic E-state index is 11.5. The molecule has 0 aliphatic carbocycles. The highest BCUT2D eigenvalue weighted by Crippen LogP contribution is 2.46. The van der Waals surface area contributed by atoms with Gasteiger partial charge < -0.3 is 18.5 Å². The fourth-order valence-corrected chi connectivity index (χ4v) is 1.43. The Morgan fingerprint density at radius 1 is 1.69 bits per heavy atom. The van der Waals surface area contributed by atoms with Crippen LogP contribution in [-0.4, -0.2) is 33.4 Å². The molecule has 1 aliphatic heterocycles. The summed E-state index contributed by atoms with van der Waals surface area (Å²) < 4.78 is 38.0. The minimum Gasteiger partial charge on any atom is -0.345 e. The standard InChI is InChI=1S/C7H13O5P/c1-9-13(8,10-2)6-12-7-4-3-5-11-7/h3-4,7H,5-6H2,1-2H3/t7-/m1/s1/i5T/t5?,7-. The summed E-state index contributed by atoms with van der Waals surface area (Å²) in [4.78, 5) is 0. The summed E-state index contributed by atoms with van der Waals surface area (Å²) in [6.45, 7) is -0.718. The third-order valence-electron chi connectivity index (χ3n) is 1.51. The maximum absolute atomic E-state index is 11.5. The molecule has 0 bridgehead atoms. The highest BCUT2D eigenvalue weighted by atomic mass is 31.2. The molecule has 0 saturated heterocycles. The summed E-state index contributed by atoms with van der Waals surface area (Å²) in [6.07, 6.45) is 2.28. The number of hydrogen-bond donors (Lipinski definition) is 0. The molecular formula is C7H13O5P. The molecular weight excluding hydrogens is 195 g/mol. The summed E-state index contributed by atoms with van der Waals surface area (Å²) >= 11 is 0. The summed E-state index contributed by atoms with van der Waals surface area (Å²) in [5.74, 6) is 0. The van der Waals surface area contributed by atoms with E-state index in [0.717, 1.165) is 0 Å². The highest BCUT2D eigenvalue weighted by Gasteiger charge is 2.23. The van der Waals surface area contributed by atoms with Crippen LogP contribution in [0.25, 0.3) is 0 Å². The Morgan fingerprint density at radius 3 is 2.85 bits per heavy atom. The van der Waals surface area contributed by atoms with Crippen molar-refractivity contribution >= 4 is 7.60 Å². The van der Waals surface area contributed by atoms with E-state index in [0.29, 0.717) is 0 Å². The Morgan fingerprint density at radius 2 is 2.38 bits per heavy atom. The fraction of sp³-hybridized carbons (Fsp3) is 0.714. The van der Waals surface area contributed by atoms with Gasteiger partial charge in [-0.15, -0.1) is 0 Å². The average Bonchev–Trinajstić information content (AvgIpc) is 2.61. The first kappa shape index (κ1) is 9.37. The second kappa shape index (κ2) is 4.88.